The van der Waals surface area contributed by atoms with E-state index in [-0.39, 0.29) is 18.0 Å². The van der Waals surface area contributed by atoms with Crippen molar-refractivity contribution in [1.82, 2.24) is 19.9 Å². The van der Waals surface area contributed by atoms with Crippen molar-refractivity contribution in [3.63, 3.8) is 0 Å². The van der Waals surface area contributed by atoms with Crippen LogP contribution in [0.2, 0.25) is 0 Å². The van der Waals surface area contributed by atoms with Crippen LogP contribution in [-0.2, 0) is 4.79 Å². The zero-order chi connectivity index (χ0) is 24.2. The zero-order valence-electron chi connectivity index (χ0n) is 19.9. The summed E-state index contributed by atoms with van der Waals surface area (Å²) in [6, 6.07) is 7.89. The summed E-state index contributed by atoms with van der Waals surface area (Å²) in [7, 11) is 0. The second-order valence-electron chi connectivity index (χ2n) is 9.06. The van der Waals surface area contributed by atoms with E-state index in [1.165, 1.54) is 0 Å². The standard InChI is InChI=1S/C25H31N7O2/c1-4-34-19-10-20(25-18(11-26)13-29-32(25)14-19)17-5-6-23(28-12-17)31-8-7-22(21(27)15-31)30-24(33)9-16(2)3/h5-6,10,12-14,16,21-22H,4,7-9,15,27H2,1-3H3,(H,30,33)/t21-,22-/m1/s1. The Hall–Kier alpha value is -3.64. The smallest absolute Gasteiger partial charge is 0.220 e. The minimum absolute atomic E-state index is 0.0253. The molecule has 1 saturated heterocycles. The molecule has 0 bridgehead atoms. The van der Waals surface area contributed by atoms with Gasteiger partial charge in [-0.2, -0.15) is 10.4 Å². The van der Waals surface area contributed by atoms with Crippen LogP contribution in [0.5, 0.6) is 5.75 Å². The fraction of sp³-hybridized carbons (Fsp3) is 0.440. The Morgan fingerprint density at radius 1 is 1.38 bits per heavy atom. The molecule has 9 nitrogen and oxygen atoms in total. The number of hydrogen-bond acceptors (Lipinski definition) is 7. The van der Waals surface area contributed by atoms with Gasteiger partial charge in [-0.3, -0.25) is 4.79 Å². The number of anilines is 1. The van der Waals surface area contributed by atoms with Crippen molar-refractivity contribution in [2.24, 2.45) is 11.7 Å². The van der Waals surface area contributed by atoms with Gasteiger partial charge in [-0.1, -0.05) is 13.8 Å². The van der Waals surface area contributed by atoms with Gasteiger partial charge in [0, 0.05) is 48.9 Å². The summed E-state index contributed by atoms with van der Waals surface area (Å²) in [6.07, 6.45) is 6.42. The Morgan fingerprint density at radius 2 is 2.21 bits per heavy atom. The Balaban J connectivity index is 1.52. The highest BCUT2D eigenvalue weighted by atomic mass is 16.5. The van der Waals surface area contributed by atoms with Crippen molar-refractivity contribution in [1.29, 1.82) is 5.26 Å². The van der Waals surface area contributed by atoms with E-state index < -0.39 is 0 Å². The van der Waals surface area contributed by atoms with Crippen molar-refractivity contribution in [2.45, 2.75) is 45.7 Å². The van der Waals surface area contributed by atoms with E-state index in [1.54, 1.807) is 23.1 Å². The number of amides is 1. The number of piperidine rings is 1. The molecule has 2 atom stereocenters. The quantitative estimate of drug-likeness (QED) is 0.555. The highest BCUT2D eigenvalue weighted by molar-refractivity contribution is 5.85. The van der Waals surface area contributed by atoms with Gasteiger partial charge in [-0.25, -0.2) is 9.50 Å². The number of nitrogens with one attached hydrogen (secondary N) is 1. The zero-order valence-corrected chi connectivity index (χ0v) is 19.9. The normalized spacial score (nSPS) is 18.2. The Labute approximate surface area is 199 Å². The van der Waals surface area contributed by atoms with Crippen molar-refractivity contribution in [3.8, 4) is 22.9 Å². The minimum Gasteiger partial charge on any atom is -0.492 e. The van der Waals surface area contributed by atoms with Crippen LogP contribution < -0.4 is 20.7 Å². The summed E-state index contributed by atoms with van der Waals surface area (Å²) >= 11 is 0. The lowest BCUT2D eigenvalue weighted by atomic mass is 9.99. The molecule has 3 N–H and O–H groups in total. The molecule has 0 radical (unpaired) electrons. The fourth-order valence-electron chi connectivity index (χ4n) is 4.38. The summed E-state index contributed by atoms with van der Waals surface area (Å²) in [5.41, 5.74) is 9.32. The highest BCUT2D eigenvalue weighted by Gasteiger charge is 2.28. The van der Waals surface area contributed by atoms with E-state index in [0.29, 0.717) is 36.8 Å². The molecule has 4 rings (SSSR count). The highest BCUT2D eigenvalue weighted by Crippen LogP contribution is 2.31. The summed E-state index contributed by atoms with van der Waals surface area (Å²) in [6.45, 7) is 7.89. The maximum Gasteiger partial charge on any atom is 0.220 e. The first kappa shape index (κ1) is 23.5. The largest absolute Gasteiger partial charge is 0.492 e. The number of pyridine rings is 2. The molecule has 0 saturated carbocycles. The number of nitrogens with zero attached hydrogens (tertiary/aromatic N) is 5. The Kier molecular flexibility index (Phi) is 6.98. The van der Waals surface area contributed by atoms with Gasteiger partial charge in [0.2, 0.25) is 5.91 Å². The van der Waals surface area contributed by atoms with Gasteiger partial charge in [0.25, 0.3) is 0 Å². The number of aromatic nitrogens is 3. The van der Waals surface area contributed by atoms with Crippen molar-refractivity contribution in [3.05, 3.63) is 42.4 Å². The SMILES string of the molecule is CCOc1cc(-c2ccc(N3CC[C@@H](NC(=O)CC(C)C)[C@H](N)C3)nc2)c2c(C#N)cnn2c1. The fourth-order valence-corrected chi connectivity index (χ4v) is 4.38. The number of nitrogens with two attached hydrogens (primary N) is 1. The van der Waals surface area contributed by atoms with E-state index in [2.05, 4.69) is 21.4 Å². The maximum absolute atomic E-state index is 12.1. The Bertz CT molecular complexity index is 1200. The lowest BCUT2D eigenvalue weighted by molar-refractivity contribution is -0.122. The molecule has 9 heteroatoms. The predicted octanol–water partition coefficient (Wildman–Crippen LogP) is 2.73. The number of rotatable bonds is 7. The van der Waals surface area contributed by atoms with E-state index in [9.17, 15) is 10.1 Å². The number of carbonyl (C=O) groups is 1. The van der Waals surface area contributed by atoms with E-state index in [1.807, 2.05) is 39.0 Å². The van der Waals surface area contributed by atoms with Crippen LogP contribution in [0, 0.1) is 17.2 Å². The number of ether oxygens (including phenoxy) is 1. The summed E-state index contributed by atoms with van der Waals surface area (Å²) in [4.78, 5) is 19.0. The first-order valence-electron chi connectivity index (χ1n) is 11.7. The number of carbonyl (C=O) groups excluding carboxylic acids is 1. The van der Waals surface area contributed by atoms with E-state index >= 15 is 0 Å². The lowest BCUT2D eigenvalue weighted by Gasteiger charge is -2.37. The van der Waals surface area contributed by atoms with Gasteiger partial charge in [0.05, 0.1) is 30.1 Å². The molecule has 0 unspecified atom stereocenters. The van der Waals surface area contributed by atoms with E-state index in [0.717, 1.165) is 35.4 Å². The number of fused-ring (bicyclic) bond motifs is 1. The average molecular weight is 462 g/mol. The number of hydrogen-bond donors (Lipinski definition) is 2. The molecule has 0 aliphatic carbocycles. The topological polar surface area (TPSA) is 122 Å². The lowest BCUT2D eigenvalue weighted by Crippen LogP contribution is -2.58. The third-order valence-corrected chi connectivity index (χ3v) is 6.00. The third kappa shape index (κ3) is 4.97. The molecule has 1 amide bonds. The first-order chi connectivity index (χ1) is 16.4. The molecule has 1 fully saturated rings. The maximum atomic E-state index is 12.1. The van der Waals surface area contributed by atoms with Crippen molar-refractivity contribution >= 4 is 17.2 Å². The van der Waals surface area contributed by atoms with Gasteiger partial charge in [0.1, 0.15) is 17.6 Å². The molecular formula is C25H31N7O2. The van der Waals surface area contributed by atoms with Gasteiger partial charge in [0.15, 0.2) is 0 Å². The Morgan fingerprint density at radius 3 is 2.85 bits per heavy atom. The first-order valence-corrected chi connectivity index (χ1v) is 11.7. The molecule has 178 valence electrons. The molecule has 0 aromatic carbocycles. The molecule has 1 aliphatic rings. The van der Waals surface area contributed by atoms with Gasteiger partial charge in [-0.05, 0) is 37.5 Å². The van der Waals surface area contributed by atoms with Crippen LogP contribution in [0.3, 0.4) is 0 Å². The van der Waals surface area contributed by atoms with Crippen LogP contribution in [0.15, 0.2) is 36.8 Å². The minimum atomic E-state index is -0.168. The van der Waals surface area contributed by atoms with Crippen molar-refractivity contribution in [2.75, 3.05) is 24.6 Å². The molecule has 3 aromatic heterocycles. The van der Waals surface area contributed by atoms with Crippen LogP contribution >= 0.6 is 0 Å². The van der Waals surface area contributed by atoms with Gasteiger partial charge in [-0.15, -0.1) is 0 Å². The molecule has 34 heavy (non-hydrogen) atoms. The second kappa shape index (κ2) is 10.1. The molecular weight excluding hydrogens is 430 g/mol. The summed E-state index contributed by atoms with van der Waals surface area (Å²) in [5.74, 6) is 1.89. The predicted molar refractivity (Wildman–Crippen MR) is 130 cm³/mol. The molecule has 3 aromatic rings. The molecule has 0 spiro atoms. The summed E-state index contributed by atoms with van der Waals surface area (Å²) in [5, 5.41) is 16.9. The van der Waals surface area contributed by atoms with Crippen LogP contribution in [0.4, 0.5) is 5.82 Å². The monoisotopic (exact) mass is 461 g/mol. The van der Waals surface area contributed by atoms with Gasteiger partial charge >= 0.3 is 0 Å². The van der Waals surface area contributed by atoms with Crippen LogP contribution in [-0.4, -0.2) is 52.3 Å². The van der Waals surface area contributed by atoms with Crippen molar-refractivity contribution < 1.29 is 9.53 Å². The average Bonchev–Trinajstić information content (AvgIpc) is 3.23. The van der Waals surface area contributed by atoms with E-state index in [4.69, 9.17) is 15.5 Å². The second-order valence-corrected chi connectivity index (χ2v) is 9.06. The molecule has 1 aliphatic heterocycles. The summed E-state index contributed by atoms with van der Waals surface area (Å²) < 4.78 is 7.36. The van der Waals surface area contributed by atoms with Gasteiger partial charge < -0.3 is 20.7 Å². The number of nitriles is 1. The van der Waals surface area contributed by atoms with Crippen LogP contribution in [0.25, 0.3) is 16.6 Å². The molecule has 4 heterocycles. The third-order valence-electron chi connectivity index (χ3n) is 6.00. The van der Waals surface area contributed by atoms with Crippen LogP contribution in [0.1, 0.15) is 39.2 Å².